The summed E-state index contributed by atoms with van der Waals surface area (Å²) in [5, 5.41) is 8.03. The first-order chi connectivity index (χ1) is 14.2. The number of hydrogen-bond donors (Lipinski definition) is 2. The summed E-state index contributed by atoms with van der Waals surface area (Å²) in [4.78, 5) is 28.5. The highest BCUT2D eigenvalue weighted by Crippen LogP contribution is 2.36. The van der Waals surface area contributed by atoms with Crippen LogP contribution < -0.4 is 20.1 Å². The number of thiazole rings is 1. The van der Waals surface area contributed by atoms with Crippen LogP contribution in [0.2, 0.25) is 0 Å². The second-order valence-corrected chi connectivity index (χ2v) is 7.24. The van der Waals surface area contributed by atoms with Crippen LogP contribution >= 0.6 is 11.3 Å². The molecule has 2 amide bonds. The molecule has 1 aliphatic rings. The van der Waals surface area contributed by atoms with Crippen molar-refractivity contribution in [1.29, 1.82) is 0 Å². The lowest BCUT2D eigenvalue weighted by Gasteiger charge is -2.05. The van der Waals surface area contributed by atoms with Crippen molar-refractivity contribution in [2.24, 2.45) is 0 Å². The Bertz CT molecular complexity index is 1020. The van der Waals surface area contributed by atoms with Gasteiger partial charge < -0.3 is 20.1 Å². The van der Waals surface area contributed by atoms with Gasteiger partial charge in [-0.05, 0) is 36.8 Å². The maximum atomic E-state index is 12.1. The highest BCUT2D eigenvalue weighted by molar-refractivity contribution is 7.14. The average Bonchev–Trinajstić information content (AvgIpc) is 3.40. The van der Waals surface area contributed by atoms with Crippen LogP contribution in [0.3, 0.4) is 0 Å². The van der Waals surface area contributed by atoms with Gasteiger partial charge in [-0.3, -0.25) is 9.59 Å². The highest BCUT2D eigenvalue weighted by Gasteiger charge is 2.15. The fourth-order valence-corrected chi connectivity index (χ4v) is 3.58. The van der Waals surface area contributed by atoms with E-state index in [2.05, 4.69) is 15.6 Å². The molecule has 0 unspecified atom stereocenters. The van der Waals surface area contributed by atoms with Gasteiger partial charge in [0.25, 0.3) is 5.91 Å². The largest absolute Gasteiger partial charge is 0.454 e. The Morgan fingerprint density at radius 2 is 1.90 bits per heavy atom. The molecule has 0 atom stereocenters. The van der Waals surface area contributed by atoms with Crippen LogP contribution in [-0.2, 0) is 4.79 Å². The Labute approximate surface area is 171 Å². The Balaban J connectivity index is 1.24. The van der Waals surface area contributed by atoms with Crippen molar-refractivity contribution in [1.82, 2.24) is 10.3 Å². The predicted molar refractivity (Wildman–Crippen MR) is 110 cm³/mol. The Morgan fingerprint density at radius 3 is 2.76 bits per heavy atom. The standard InChI is InChI=1S/C21H19N3O4S/c25-19(7-4-10-22-20(26)14-5-2-1-3-6-14)24-21-23-16(12-29-21)15-8-9-17-18(11-15)28-13-27-17/h1-3,5-6,8-9,11-12H,4,7,10,13H2,(H,22,26)(H,23,24,25). The molecule has 29 heavy (non-hydrogen) atoms. The molecule has 7 nitrogen and oxygen atoms in total. The summed E-state index contributed by atoms with van der Waals surface area (Å²) >= 11 is 1.36. The first-order valence-corrected chi connectivity index (χ1v) is 10.1. The third-order valence-electron chi connectivity index (χ3n) is 4.32. The molecule has 4 rings (SSSR count). The number of amides is 2. The molecule has 0 fully saturated rings. The minimum Gasteiger partial charge on any atom is -0.454 e. The summed E-state index contributed by atoms with van der Waals surface area (Å²) in [6, 6.07) is 14.6. The molecule has 0 bridgehead atoms. The Morgan fingerprint density at radius 1 is 1.07 bits per heavy atom. The minimum atomic E-state index is -0.140. The monoisotopic (exact) mass is 409 g/mol. The molecule has 0 saturated carbocycles. The molecule has 2 heterocycles. The van der Waals surface area contributed by atoms with E-state index in [4.69, 9.17) is 9.47 Å². The fourth-order valence-electron chi connectivity index (χ4n) is 2.84. The molecule has 0 aliphatic carbocycles. The van der Waals surface area contributed by atoms with Crippen molar-refractivity contribution in [3.05, 3.63) is 59.5 Å². The molecule has 0 spiro atoms. The molecular weight excluding hydrogens is 390 g/mol. The minimum absolute atomic E-state index is 0.134. The van der Waals surface area contributed by atoms with Crippen LogP contribution in [0.25, 0.3) is 11.3 Å². The number of nitrogens with one attached hydrogen (secondary N) is 2. The number of carbonyl (C=O) groups is 2. The maximum absolute atomic E-state index is 12.1. The molecule has 0 saturated heterocycles. The summed E-state index contributed by atoms with van der Waals surface area (Å²) < 4.78 is 10.7. The van der Waals surface area contributed by atoms with E-state index in [1.165, 1.54) is 11.3 Å². The van der Waals surface area contributed by atoms with E-state index in [9.17, 15) is 9.59 Å². The summed E-state index contributed by atoms with van der Waals surface area (Å²) in [7, 11) is 0. The number of benzene rings is 2. The second-order valence-electron chi connectivity index (χ2n) is 6.38. The first-order valence-electron chi connectivity index (χ1n) is 9.18. The van der Waals surface area contributed by atoms with Gasteiger partial charge in [0.1, 0.15) is 0 Å². The van der Waals surface area contributed by atoms with Crippen molar-refractivity contribution in [2.75, 3.05) is 18.7 Å². The molecule has 2 aromatic carbocycles. The van der Waals surface area contributed by atoms with E-state index in [0.717, 1.165) is 17.0 Å². The number of rotatable bonds is 7. The smallest absolute Gasteiger partial charge is 0.251 e. The van der Waals surface area contributed by atoms with E-state index in [0.29, 0.717) is 35.8 Å². The van der Waals surface area contributed by atoms with Crippen molar-refractivity contribution in [2.45, 2.75) is 12.8 Å². The van der Waals surface area contributed by atoms with E-state index in [1.54, 1.807) is 12.1 Å². The molecule has 8 heteroatoms. The molecule has 1 aromatic heterocycles. The number of ether oxygens (including phenoxy) is 2. The van der Waals surface area contributed by atoms with Crippen molar-refractivity contribution in [3.63, 3.8) is 0 Å². The van der Waals surface area contributed by atoms with Crippen molar-refractivity contribution >= 4 is 28.3 Å². The normalized spacial score (nSPS) is 11.9. The van der Waals surface area contributed by atoms with Gasteiger partial charge in [-0.25, -0.2) is 4.98 Å². The Kier molecular flexibility index (Phi) is 5.71. The predicted octanol–water partition coefficient (Wildman–Crippen LogP) is 3.69. The first kappa shape index (κ1) is 18.9. The van der Waals surface area contributed by atoms with Crippen LogP contribution in [0, 0.1) is 0 Å². The van der Waals surface area contributed by atoms with E-state index >= 15 is 0 Å². The molecule has 0 radical (unpaired) electrons. The van der Waals surface area contributed by atoms with E-state index in [1.807, 2.05) is 41.8 Å². The second kappa shape index (κ2) is 8.74. The van der Waals surface area contributed by atoms with Gasteiger partial charge in [0.2, 0.25) is 12.7 Å². The summed E-state index contributed by atoms with van der Waals surface area (Å²) in [6.45, 7) is 0.657. The third-order valence-corrected chi connectivity index (χ3v) is 5.08. The van der Waals surface area contributed by atoms with Crippen LogP contribution in [0.15, 0.2) is 53.9 Å². The van der Waals surface area contributed by atoms with Gasteiger partial charge in [-0.1, -0.05) is 18.2 Å². The zero-order valence-corrected chi connectivity index (χ0v) is 16.3. The van der Waals surface area contributed by atoms with Crippen molar-refractivity contribution < 1.29 is 19.1 Å². The Hall–Kier alpha value is -3.39. The van der Waals surface area contributed by atoms with Gasteiger partial charge in [0.15, 0.2) is 16.6 Å². The highest BCUT2D eigenvalue weighted by atomic mass is 32.1. The quantitative estimate of drug-likeness (QED) is 0.581. The topological polar surface area (TPSA) is 89.6 Å². The third kappa shape index (κ3) is 4.72. The van der Waals surface area contributed by atoms with Crippen LogP contribution in [0.5, 0.6) is 11.5 Å². The van der Waals surface area contributed by atoms with Gasteiger partial charge >= 0.3 is 0 Å². The lowest BCUT2D eigenvalue weighted by molar-refractivity contribution is -0.116. The molecular formula is C21H19N3O4S. The summed E-state index contributed by atoms with van der Waals surface area (Å²) in [6.07, 6.45) is 0.846. The number of carbonyl (C=O) groups excluding carboxylic acids is 2. The lowest BCUT2D eigenvalue weighted by Crippen LogP contribution is -2.25. The number of hydrogen-bond acceptors (Lipinski definition) is 6. The van der Waals surface area contributed by atoms with Crippen LogP contribution in [0.4, 0.5) is 5.13 Å². The fraction of sp³-hybridized carbons (Fsp3) is 0.190. The van der Waals surface area contributed by atoms with Gasteiger partial charge in [-0.15, -0.1) is 11.3 Å². The molecule has 1 aliphatic heterocycles. The molecule has 3 aromatic rings. The zero-order valence-electron chi connectivity index (χ0n) is 15.5. The number of fused-ring (bicyclic) bond motifs is 1. The van der Waals surface area contributed by atoms with Gasteiger partial charge in [0.05, 0.1) is 5.69 Å². The average molecular weight is 409 g/mol. The molecule has 2 N–H and O–H groups in total. The van der Waals surface area contributed by atoms with Crippen molar-refractivity contribution in [3.8, 4) is 22.8 Å². The van der Waals surface area contributed by atoms with Gasteiger partial charge in [-0.2, -0.15) is 0 Å². The molecule has 148 valence electrons. The summed E-state index contributed by atoms with van der Waals surface area (Å²) in [5.41, 5.74) is 2.27. The van der Waals surface area contributed by atoms with Gasteiger partial charge in [0, 0.05) is 29.5 Å². The summed E-state index contributed by atoms with van der Waals surface area (Å²) in [5.74, 6) is 1.14. The van der Waals surface area contributed by atoms with E-state index < -0.39 is 0 Å². The SMILES string of the molecule is O=C(CCCNC(=O)c1ccccc1)Nc1nc(-c2ccc3c(c2)OCO3)cs1. The zero-order chi connectivity index (χ0) is 20.1. The van der Waals surface area contributed by atoms with Crippen LogP contribution in [0.1, 0.15) is 23.2 Å². The lowest BCUT2D eigenvalue weighted by atomic mass is 10.1. The van der Waals surface area contributed by atoms with Crippen LogP contribution in [-0.4, -0.2) is 30.1 Å². The number of anilines is 1. The van der Waals surface area contributed by atoms with E-state index in [-0.39, 0.29) is 18.6 Å². The maximum Gasteiger partial charge on any atom is 0.251 e. The number of aromatic nitrogens is 1. The number of nitrogens with zero attached hydrogens (tertiary/aromatic N) is 1.